The average Bonchev–Trinajstić information content (AvgIpc) is 3.10. The van der Waals surface area contributed by atoms with E-state index in [2.05, 4.69) is 0 Å². The van der Waals surface area contributed by atoms with Gasteiger partial charge in [0.05, 0.1) is 110 Å². The minimum atomic E-state index is -1.10. The number of carbonyl (C=O) groups is 8. The second kappa shape index (κ2) is 31.7. The number of rotatable bonds is 40. The van der Waals surface area contributed by atoms with E-state index in [1.807, 2.05) is 0 Å². The highest BCUT2D eigenvalue weighted by molar-refractivity contribution is 5.84. The summed E-state index contributed by atoms with van der Waals surface area (Å²) in [5, 5.41) is 34.8. The Morgan fingerprint density at radius 1 is 0.302 bits per heavy atom. The van der Waals surface area contributed by atoms with Crippen LogP contribution in [0.4, 0.5) is 0 Å². The van der Waals surface area contributed by atoms with Crippen LogP contribution >= 0.6 is 0 Å². The van der Waals surface area contributed by atoms with Gasteiger partial charge in [-0.2, -0.15) is 0 Å². The Bertz CT molecular complexity index is 948. The molecule has 0 saturated heterocycles. The van der Waals surface area contributed by atoms with Gasteiger partial charge in [0.15, 0.2) is 23.1 Å². The normalized spacial score (nSPS) is 11.3. The Balaban J connectivity index is 5.29. The summed E-state index contributed by atoms with van der Waals surface area (Å²) >= 11 is 0. The smallest absolute Gasteiger partial charge is 0.303 e. The van der Waals surface area contributed by atoms with Crippen molar-refractivity contribution in [2.24, 2.45) is 5.41 Å². The number of carboxylic acids is 4. The van der Waals surface area contributed by atoms with E-state index < -0.39 is 29.3 Å². The third-order valence-corrected chi connectivity index (χ3v) is 6.64. The first-order valence-corrected chi connectivity index (χ1v) is 16.8. The van der Waals surface area contributed by atoms with E-state index in [-0.39, 0.29) is 180 Å². The second-order valence-electron chi connectivity index (χ2n) is 11.7. The van der Waals surface area contributed by atoms with Crippen LogP contribution in [0.15, 0.2) is 0 Å². The molecule has 0 radical (unpaired) electrons. The maximum Gasteiger partial charge on any atom is 0.303 e. The van der Waals surface area contributed by atoms with Crippen LogP contribution in [-0.2, 0) is 76.3 Å². The average molecular weight is 769 g/mol. The molecule has 0 aliphatic heterocycles. The molecular weight excluding hydrogens is 716 g/mol. The van der Waals surface area contributed by atoms with Crippen molar-refractivity contribution in [2.75, 3.05) is 106 Å². The fraction of sp³-hybridized carbons (Fsp3) is 0.758. The number of ketones is 4. The van der Waals surface area contributed by atoms with Gasteiger partial charge < -0.3 is 58.3 Å². The van der Waals surface area contributed by atoms with Gasteiger partial charge in [-0.25, -0.2) is 0 Å². The number of Topliss-reactive ketones (excluding diaryl/α,β-unsaturated/α-hetero) is 4. The van der Waals surface area contributed by atoms with Gasteiger partial charge in [-0.1, -0.05) is 0 Å². The van der Waals surface area contributed by atoms with E-state index in [1.165, 1.54) is 0 Å². The third kappa shape index (κ3) is 32.6. The lowest BCUT2D eigenvalue weighted by Crippen LogP contribution is -2.43. The summed E-state index contributed by atoms with van der Waals surface area (Å²) in [5.74, 6) is -5.98. The molecule has 0 aromatic rings. The van der Waals surface area contributed by atoms with Crippen molar-refractivity contribution in [3.8, 4) is 0 Å². The molecule has 0 saturated carbocycles. The Morgan fingerprint density at radius 3 is 0.679 bits per heavy atom. The minimum Gasteiger partial charge on any atom is -0.481 e. The number of hydrogen-bond donors (Lipinski definition) is 4. The van der Waals surface area contributed by atoms with Crippen LogP contribution in [0, 0.1) is 5.41 Å². The molecule has 0 rings (SSSR count). The van der Waals surface area contributed by atoms with Crippen LogP contribution < -0.4 is 0 Å². The zero-order chi connectivity index (χ0) is 39.7. The largest absolute Gasteiger partial charge is 0.481 e. The van der Waals surface area contributed by atoms with E-state index in [1.54, 1.807) is 0 Å². The van der Waals surface area contributed by atoms with E-state index >= 15 is 0 Å². The van der Waals surface area contributed by atoms with Gasteiger partial charge in [0, 0.05) is 25.7 Å². The molecule has 0 aromatic carbocycles. The van der Waals surface area contributed by atoms with Gasteiger partial charge in [0.1, 0.15) is 26.4 Å². The Hall–Kier alpha value is -3.76. The first-order chi connectivity index (χ1) is 25.2. The molecule has 0 bridgehead atoms. The van der Waals surface area contributed by atoms with Crippen molar-refractivity contribution >= 4 is 47.0 Å². The first kappa shape index (κ1) is 49.2. The molecule has 0 unspecified atom stereocenters. The molecular formula is C33H52O20. The lowest BCUT2D eigenvalue weighted by molar-refractivity contribution is -0.139. The van der Waals surface area contributed by atoms with Crippen molar-refractivity contribution in [3.05, 3.63) is 0 Å². The molecule has 20 nitrogen and oxygen atoms in total. The number of ether oxygens (including phenoxy) is 8. The summed E-state index contributed by atoms with van der Waals surface area (Å²) in [5.41, 5.74) is -1.01. The van der Waals surface area contributed by atoms with E-state index in [9.17, 15) is 38.4 Å². The second-order valence-corrected chi connectivity index (χ2v) is 11.7. The third-order valence-electron chi connectivity index (χ3n) is 6.64. The van der Waals surface area contributed by atoms with Crippen LogP contribution in [-0.4, -0.2) is 173 Å². The lowest BCUT2D eigenvalue weighted by atomic mass is 9.92. The highest BCUT2D eigenvalue weighted by Crippen LogP contribution is 2.21. The van der Waals surface area contributed by atoms with Crippen LogP contribution in [0.3, 0.4) is 0 Å². The highest BCUT2D eigenvalue weighted by atomic mass is 16.6. The fourth-order valence-corrected chi connectivity index (χ4v) is 3.89. The first-order valence-electron chi connectivity index (χ1n) is 16.8. The number of hydrogen-bond acceptors (Lipinski definition) is 16. The fourth-order valence-electron chi connectivity index (χ4n) is 3.89. The molecule has 304 valence electrons. The van der Waals surface area contributed by atoms with E-state index in [0.29, 0.717) is 0 Å². The molecule has 0 atom stereocenters. The van der Waals surface area contributed by atoms with Crippen LogP contribution in [0.25, 0.3) is 0 Å². The lowest BCUT2D eigenvalue weighted by Gasteiger charge is -2.33. The zero-order valence-corrected chi connectivity index (χ0v) is 29.8. The molecule has 53 heavy (non-hydrogen) atoms. The molecule has 0 aliphatic rings. The quantitative estimate of drug-likeness (QED) is 0.0589. The maximum absolute atomic E-state index is 11.8. The van der Waals surface area contributed by atoms with Gasteiger partial charge in [0.25, 0.3) is 0 Å². The number of carboxylic acid groups (broad SMARTS) is 4. The predicted octanol–water partition coefficient (Wildman–Crippen LogP) is -0.159. The summed E-state index contributed by atoms with van der Waals surface area (Å²) in [6, 6.07) is 0. The number of carbonyl (C=O) groups excluding carboxylic acids is 4. The molecule has 0 spiro atoms. The highest BCUT2D eigenvalue weighted by Gasteiger charge is 2.33. The predicted molar refractivity (Wildman–Crippen MR) is 176 cm³/mol. The van der Waals surface area contributed by atoms with Crippen LogP contribution in [0.1, 0.15) is 51.4 Å². The molecule has 0 amide bonds. The summed E-state index contributed by atoms with van der Waals surface area (Å²) in [4.78, 5) is 89.7. The van der Waals surface area contributed by atoms with E-state index in [4.69, 9.17) is 58.3 Å². The monoisotopic (exact) mass is 768 g/mol. The topological polar surface area (TPSA) is 291 Å². The Labute approximate surface area is 306 Å². The van der Waals surface area contributed by atoms with Crippen LogP contribution in [0.5, 0.6) is 0 Å². The summed E-state index contributed by atoms with van der Waals surface area (Å²) in [6.07, 6.45) is -1.95. The Kier molecular flexibility index (Phi) is 29.5. The van der Waals surface area contributed by atoms with Crippen molar-refractivity contribution in [1.82, 2.24) is 0 Å². The van der Waals surface area contributed by atoms with Gasteiger partial charge in [-0.15, -0.1) is 0 Å². The summed E-state index contributed by atoms with van der Waals surface area (Å²) < 4.78 is 44.3. The molecule has 20 heteroatoms. The number of aliphatic carboxylic acids is 4. The van der Waals surface area contributed by atoms with Crippen molar-refractivity contribution < 1.29 is 96.7 Å². The molecule has 0 fully saturated rings. The Morgan fingerprint density at radius 2 is 0.491 bits per heavy atom. The molecule has 4 N–H and O–H groups in total. The van der Waals surface area contributed by atoms with Crippen molar-refractivity contribution in [2.45, 2.75) is 51.4 Å². The molecule has 0 heterocycles. The molecule has 0 aliphatic carbocycles. The van der Waals surface area contributed by atoms with Gasteiger partial charge in [-0.05, 0) is 0 Å². The minimum absolute atomic E-state index is 0.00525. The molecule has 0 aromatic heterocycles. The zero-order valence-electron chi connectivity index (χ0n) is 29.8. The van der Waals surface area contributed by atoms with E-state index in [0.717, 1.165) is 0 Å². The maximum atomic E-state index is 11.8. The SMILES string of the molecule is O=C(O)CCC(=O)COCCOCC(COCCOCC(=O)CCC(=O)O)(COCCOCC(=O)CCC(=O)O)COCCOCC(=O)CCC(=O)O. The standard InChI is InChI=1S/C33H52O20/c34-25(1-5-29(38)39)17-46-9-13-50-21-33(22-51-14-10-47-18-26(35)2-6-30(40)41,23-52-15-11-48-19-27(36)3-7-31(42)43)24-53-16-12-49-20-28(37)4-8-32(44)45/h1-24H2,(H,38,39)(H,40,41)(H,42,43)(H,44,45). The summed E-state index contributed by atoms with van der Waals surface area (Å²) in [6.45, 7) is -1.33. The van der Waals surface area contributed by atoms with Gasteiger partial charge >= 0.3 is 23.9 Å². The van der Waals surface area contributed by atoms with Gasteiger partial charge in [0.2, 0.25) is 0 Å². The van der Waals surface area contributed by atoms with Crippen molar-refractivity contribution in [3.63, 3.8) is 0 Å². The van der Waals surface area contributed by atoms with Crippen LogP contribution in [0.2, 0.25) is 0 Å². The summed E-state index contributed by atoms with van der Waals surface area (Å²) in [7, 11) is 0. The van der Waals surface area contributed by atoms with Crippen molar-refractivity contribution in [1.29, 1.82) is 0 Å². The van der Waals surface area contributed by atoms with Gasteiger partial charge in [-0.3, -0.25) is 38.4 Å².